The number of esters is 1. The largest absolute Gasteiger partial charge is 0.467 e. The Morgan fingerprint density at radius 3 is 2.96 bits per heavy atom. The van der Waals surface area contributed by atoms with Gasteiger partial charge in [0.2, 0.25) is 0 Å². The van der Waals surface area contributed by atoms with Crippen molar-refractivity contribution in [3.05, 3.63) is 68.1 Å². The average molecular weight is 346 g/mol. The maximum Gasteiger partial charge on any atom is 0.326 e. The molecule has 9 nitrogen and oxygen atoms in total. The number of non-ortho nitro benzene ring substituents is 1. The number of nitro groups is 1. The fourth-order valence-electron chi connectivity index (χ4n) is 2.43. The number of rotatable bonds is 5. The topological polar surface area (TPSA) is 110 Å². The van der Waals surface area contributed by atoms with Crippen molar-refractivity contribution in [2.45, 2.75) is 19.8 Å². The highest BCUT2D eigenvalue weighted by atomic mass is 16.7. The van der Waals surface area contributed by atoms with Crippen LogP contribution >= 0.6 is 0 Å². The van der Waals surface area contributed by atoms with E-state index in [0.717, 1.165) is 0 Å². The summed E-state index contributed by atoms with van der Waals surface area (Å²) in [6.07, 6.45) is 1.47. The number of carbonyl (C=O) groups is 1. The molecular formula is C16H14N2O7. The van der Waals surface area contributed by atoms with Crippen molar-refractivity contribution in [2.24, 2.45) is 0 Å². The maximum atomic E-state index is 11.9. The fraction of sp³-hybridized carbons (Fsp3) is 0.250. The van der Waals surface area contributed by atoms with Gasteiger partial charge in [-0.1, -0.05) is 6.07 Å². The van der Waals surface area contributed by atoms with Crippen LogP contribution in [-0.2, 0) is 34.0 Å². The first-order valence-electron chi connectivity index (χ1n) is 7.36. The van der Waals surface area contributed by atoms with Gasteiger partial charge in [-0.15, -0.1) is 0 Å². The van der Waals surface area contributed by atoms with Crippen LogP contribution in [0.4, 0.5) is 5.69 Å². The molecule has 0 saturated heterocycles. The van der Waals surface area contributed by atoms with Gasteiger partial charge in [-0.3, -0.25) is 19.7 Å². The standard InChI is InChI=1S/C16H14N2O7/c19-14-3-1-2-4-17(14)7-15(20)24-9-12-6-13(18(21)22)5-11-8-23-10-25-16(11)12/h1-6H,7-10H2. The van der Waals surface area contributed by atoms with Crippen LogP contribution in [0.15, 0.2) is 41.3 Å². The molecule has 1 aliphatic rings. The zero-order valence-corrected chi connectivity index (χ0v) is 13.0. The molecule has 0 N–H and O–H groups in total. The molecule has 0 unspecified atom stereocenters. The number of carbonyl (C=O) groups excluding carboxylic acids is 1. The number of nitro benzene ring substituents is 1. The van der Waals surface area contributed by atoms with Gasteiger partial charge in [0.1, 0.15) is 18.9 Å². The number of ether oxygens (including phenoxy) is 3. The van der Waals surface area contributed by atoms with Crippen LogP contribution in [0.25, 0.3) is 0 Å². The molecule has 0 radical (unpaired) electrons. The number of benzene rings is 1. The zero-order chi connectivity index (χ0) is 17.8. The molecule has 0 saturated carbocycles. The summed E-state index contributed by atoms with van der Waals surface area (Å²) >= 11 is 0. The first-order chi connectivity index (χ1) is 12.0. The predicted molar refractivity (Wildman–Crippen MR) is 83.9 cm³/mol. The molecule has 3 rings (SSSR count). The lowest BCUT2D eigenvalue weighted by Crippen LogP contribution is -2.24. The van der Waals surface area contributed by atoms with Crippen LogP contribution in [0.2, 0.25) is 0 Å². The third kappa shape index (κ3) is 3.83. The normalized spacial score (nSPS) is 12.8. The first-order valence-corrected chi connectivity index (χ1v) is 7.36. The van der Waals surface area contributed by atoms with Gasteiger partial charge in [0, 0.05) is 35.5 Å². The van der Waals surface area contributed by atoms with E-state index >= 15 is 0 Å². The van der Waals surface area contributed by atoms with Gasteiger partial charge in [0.15, 0.2) is 6.79 Å². The lowest BCUT2D eigenvalue weighted by molar-refractivity contribution is -0.385. The van der Waals surface area contributed by atoms with Gasteiger partial charge in [0.25, 0.3) is 11.2 Å². The quantitative estimate of drug-likeness (QED) is 0.457. The number of aromatic nitrogens is 1. The summed E-state index contributed by atoms with van der Waals surface area (Å²) in [6, 6.07) is 7.19. The smallest absolute Gasteiger partial charge is 0.326 e. The summed E-state index contributed by atoms with van der Waals surface area (Å²) in [6.45, 7) is -0.256. The highest BCUT2D eigenvalue weighted by molar-refractivity contribution is 5.69. The summed E-state index contributed by atoms with van der Waals surface area (Å²) in [4.78, 5) is 34.0. The van der Waals surface area contributed by atoms with Gasteiger partial charge in [0.05, 0.1) is 11.5 Å². The summed E-state index contributed by atoms with van der Waals surface area (Å²) in [7, 11) is 0. The molecule has 0 atom stereocenters. The zero-order valence-electron chi connectivity index (χ0n) is 13.0. The number of nitrogens with zero attached hydrogens (tertiary/aromatic N) is 2. The lowest BCUT2D eigenvalue weighted by atomic mass is 10.1. The molecule has 0 bridgehead atoms. The molecule has 0 amide bonds. The van der Waals surface area contributed by atoms with Crippen molar-refractivity contribution in [2.75, 3.05) is 6.79 Å². The Morgan fingerprint density at radius 1 is 1.36 bits per heavy atom. The minimum Gasteiger partial charge on any atom is -0.467 e. The van der Waals surface area contributed by atoms with Crippen LogP contribution in [0.5, 0.6) is 5.75 Å². The van der Waals surface area contributed by atoms with E-state index in [-0.39, 0.29) is 37.8 Å². The van der Waals surface area contributed by atoms with Crippen molar-refractivity contribution in [3.8, 4) is 5.75 Å². The molecule has 1 aliphatic heterocycles. The second-order valence-electron chi connectivity index (χ2n) is 5.29. The van der Waals surface area contributed by atoms with E-state index in [9.17, 15) is 19.7 Å². The van der Waals surface area contributed by atoms with Crippen LogP contribution < -0.4 is 10.3 Å². The summed E-state index contributed by atoms with van der Waals surface area (Å²) in [5.41, 5.74) is 0.429. The van der Waals surface area contributed by atoms with Crippen LogP contribution in [0, 0.1) is 10.1 Å². The first kappa shape index (κ1) is 16.7. The summed E-state index contributed by atoms with van der Waals surface area (Å²) in [5.74, 6) is -0.220. The monoisotopic (exact) mass is 346 g/mol. The highest BCUT2D eigenvalue weighted by Crippen LogP contribution is 2.33. The second kappa shape index (κ2) is 7.14. The molecule has 1 aromatic heterocycles. The second-order valence-corrected chi connectivity index (χ2v) is 5.29. The van der Waals surface area contributed by atoms with E-state index in [0.29, 0.717) is 16.9 Å². The number of hydrogen-bond acceptors (Lipinski definition) is 7. The average Bonchev–Trinajstić information content (AvgIpc) is 2.61. The molecule has 2 aromatic rings. The fourth-order valence-corrected chi connectivity index (χ4v) is 2.43. The van der Waals surface area contributed by atoms with Crippen molar-refractivity contribution in [1.82, 2.24) is 4.57 Å². The Morgan fingerprint density at radius 2 is 2.20 bits per heavy atom. The molecule has 0 aliphatic carbocycles. The molecule has 25 heavy (non-hydrogen) atoms. The number of pyridine rings is 1. The van der Waals surface area contributed by atoms with E-state index in [1.54, 1.807) is 12.1 Å². The molecule has 1 aromatic carbocycles. The van der Waals surface area contributed by atoms with Gasteiger partial charge in [-0.2, -0.15) is 0 Å². The maximum absolute atomic E-state index is 11.9. The molecule has 2 heterocycles. The van der Waals surface area contributed by atoms with Crippen molar-refractivity contribution in [3.63, 3.8) is 0 Å². The van der Waals surface area contributed by atoms with E-state index in [4.69, 9.17) is 14.2 Å². The molecule has 0 spiro atoms. The Balaban J connectivity index is 1.75. The van der Waals surface area contributed by atoms with E-state index in [2.05, 4.69) is 0 Å². The Hall–Kier alpha value is -3.20. The molecular weight excluding hydrogens is 332 g/mol. The van der Waals surface area contributed by atoms with Gasteiger partial charge in [-0.25, -0.2) is 0 Å². The Bertz CT molecular complexity index is 875. The molecule has 130 valence electrons. The molecule has 0 fully saturated rings. The third-order valence-corrected chi connectivity index (χ3v) is 3.57. The van der Waals surface area contributed by atoms with E-state index < -0.39 is 10.9 Å². The lowest BCUT2D eigenvalue weighted by Gasteiger charge is -2.20. The number of fused-ring (bicyclic) bond motifs is 1. The van der Waals surface area contributed by atoms with E-state index in [1.807, 2.05) is 0 Å². The predicted octanol–water partition coefficient (Wildman–Crippen LogP) is 1.37. The third-order valence-electron chi connectivity index (χ3n) is 3.57. The van der Waals surface area contributed by atoms with Crippen LogP contribution in [0.3, 0.4) is 0 Å². The Kier molecular flexibility index (Phi) is 4.75. The highest BCUT2D eigenvalue weighted by Gasteiger charge is 2.21. The minimum absolute atomic E-state index is 0.0190. The van der Waals surface area contributed by atoms with Crippen LogP contribution in [-0.4, -0.2) is 22.3 Å². The van der Waals surface area contributed by atoms with Crippen LogP contribution in [0.1, 0.15) is 11.1 Å². The Labute approximate surface area is 141 Å². The van der Waals surface area contributed by atoms with Crippen molar-refractivity contribution >= 4 is 11.7 Å². The van der Waals surface area contributed by atoms with Gasteiger partial charge < -0.3 is 18.8 Å². The van der Waals surface area contributed by atoms with Crippen molar-refractivity contribution in [1.29, 1.82) is 0 Å². The SMILES string of the molecule is O=C(Cn1ccccc1=O)OCc1cc([N+](=O)[O-])cc2c1OCOC2. The van der Waals surface area contributed by atoms with E-state index in [1.165, 1.54) is 29.0 Å². The van der Waals surface area contributed by atoms with Crippen molar-refractivity contribution < 1.29 is 23.9 Å². The summed E-state index contributed by atoms with van der Waals surface area (Å²) < 4.78 is 16.8. The number of hydrogen-bond donors (Lipinski definition) is 0. The minimum atomic E-state index is -0.638. The van der Waals surface area contributed by atoms with Gasteiger partial charge in [-0.05, 0) is 6.07 Å². The summed E-state index contributed by atoms with van der Waals surface area (Å²) in [5, 5.41) is 11.0. The van der Waals surface area contributed by atoms with Gasteiger partial charge >= 0.3 is 5.97 Å². The molecule has 9 heteroatoms.